The van der Waals surface area contributed by atoms with E-state index in [1.54, 1.807) is 57.4 Å². The standard InChI is InChI=1S/C27H33N3O4S/c1-27(2,3)34-26(31)29-17-10-20-30(19-8-7-13-22-11-5-4-6-12-22)35(32,33)25-15-9-14-23-21-28-18-16-24(23)25/h4-6,9-12,14-18,21H,7-8,13,19-20H2,1-3H3,(H,29,31). The van der Waals surface area contributed by atoms with E-state index >= 15 is 0 Å². The van der Waals surface area contributed by atoms with E-state index in [9.17, 15) is 13.2 Å². The molecule has 186 valence electrons. The van der Waals surface area contributed by atoms with Gasteiger partial charge in [-0.1, -0.05) is 48.5 Å². The van der Waals surface area contributed by atoms with Gasteiger partial charge < -0.3 is 4.74 Å². The Morgan fingerprint density at radius 2 is 1.83 bits per heavy atom. The number of benzene rings is 2. The molecule has 0 saturated heterocycles. The Balaban J connectivity index is 1.74. The van der Waals surface area contributed by atoms with Crippen molar-refractivity contribution in [3.8, 4) is 0 Å². The van der Waals surface area contributed by atoms with Gasteiger partial charge in [-0.2, -0.15) is 4.31 Å². The highest BCUT2D eigenvalue weighted by Gasteiger charge is 2.25. The number of sulfonamides is 1. The zero-order valence-electron chi connectivity index (χ0n) is 20.5. The number of rotatable bonds is 10. The van der Waals surface area contributed by atoms with E-state index in [-0.39, 0.29) is 11.4 Å². The maximum Gasteiger partial charge on any atom is 0.411 e. The summed E-state index contributed by atoms with van der Waals surface area (Å²) in [4.78, 5) is 16.2. The summed E-state index contributed by atoms with van der Waals surface area (Å²) in [5, 5.41) is 3.93. The lowest BCUT2D eigenvalue weighted by Crippen LogP contribution is -2.33. The number of aryl methyl sites for hydroxylation is 1. The number of nitrogens with zero attached hydrogens (tertiary/aromatic N) is 2. The lowest BCUT2D eigenvalue weighted by Gasteiger charge is -2.22. The van der Waals surface area contributed by atoms with Crippen LogP contribution < -0.4 is 5.32 Å². The summed E-state index contributed by atoms with van der Waals surface area (Å²) in [7, 11) is -3.79. The molecule has 35 heavy (non-hydrogen) atoms. The molecule has 0 unspecified atom stereocenters. The number of carbonyl (C=O) groups excluding carboxylic acids is 1. The molecular formula is C27H33N3O4S. The molecule has 2 aromatic carbocycles. The summed E-state index contributed by atoms with van der Waals surface area (Å²) < 4.78 is 34.0. The molecule has 0 bridgehead atoms. The number of aromatic nitrogens is 1. The van der Waals surface area contributed by atoms with Crippen molar-refractivity contribution in [2.45, 2.75) is 50.5 Å². The van der Waals surface area contributed by atoms with Gasteiger partial charge in [0.05, 0.1) is 4.90 Å². The normalized spacial score (nSPS) is 12.3. The minimum atomic E-state index is -3.79. The summed E-state index contributed by atoms with van der Waals surface area (Å²) in [5.74, 6) is 0. The van der Waals surface area contributed by atoms with Crippen LogP contribution in [-0.2, 0) is 21.2 Å². The van der Waals surface area contributed by atoms with Gasteiger partial charge >= 0.3 is 6.09 Å². The van der Waals surface area contributed by atoms with Crippen LogP contribution in [0.5, 0.6) is 0 Å². The lowest BCUT2D eigenvalue weighted by molar-refractivity contribution is 0.0552. The van der Waals surface area contributed by atoms with Crippen LogP contribution in [0.4, 0.5) is 4.79 Å². The van der Waals surface area contributed by atoms with Gasteiger partial charge in [0.1, 0.15) is 5.60 Å². The summed E-state index contributed by atoms with van der Waals surface area (Å²) >= 11 is 0. The fourth-order valence-corrected chi connectivity index (χ4v) is 5.28. The monoisotopic (exact) mass is 495 g/mol. The summed E-state index contributed by atoms with van der Waals surface area (Å²) in [6.07, 6.45) is 8.14. The van der Waals surface area contributed by atoms with Gasteiger partial charge in [-0.05, 0) is 57.7 Å². The van der Waals surface area contributed by atoms with E-state index in [0.29, 0.717) is 18.4 Å². The van der Waals surface area contributed by atoms with Crippen molar-refractivity contribution in [2.75, 3.05) is 13.1 Å². The van der Waals surface area contributed by atoms with E-state index in [1.807, 2.05) is 24.3 Å². The van der Waals surface area contributed by atoms with Crippen LogP contribution in [0.15, 0.2) is 84.2 Å². The number of alkyl carbamates (subject to hydrolysis) is 1. The Morgan fingerprint density at radius 1 is 1.06 bits per heavy atom. The van der Waals surface area contributed by atoms with Crippen LogP contribution in [0.3, 0.4) is 0 Å². The van der Waals surface area contributed by atoms with Crippen LogP contribution in [0.25, 0.3) is 10.8 Å². The first-order valence-corrected chi connectivity index (χ1v) is 13.1. The summed E-state index contributed by atoms with van der Waals surface area (Å²) in [5.41, 5.74) is 0.611. The summed E-state index contributed by atoms with van der Waals surface area (Å²) in [6.45, 7) is 5.80. The van der Waals surface area contributed by atoms with Crippen LogP contribution in [-0.4, -0.2) is 42.5 Å². The van der Waals surface area contributed by atoms with E-state index in [4.69, 9.17) is 4.74 Å². The highest BCUT2D eigenvalue weighted by Crippen LogP contribution is 2.25. The first kappa shape index (κ1) is 26.4. The molecule has 0 aliphatic heterocycles. The number of carbonyl (C=O) groups is 1. The van der Waals surface area contributed by atoms with Crippen molar-refractivity contribution in [1.29, 1.82) is 0 Å². The Morgan fingerprint density at radius 3 is 2.57 bits per heavy atom. The molecule has 0 fully saturated rings. The van der Waals surface area contributed by atoms with Crippen molar-refractivity contribution >= 4 is 26.9 Å². The van der Waals surface area contributed by atoms with Gasteiger partial charge in [-0.25, -0.2) is 13.2 Å². The maximum atomic E-state index is 13.7. The molecule has 7 nitrogen and oxygen atoms in total. The number of fused-ring (bicyclic) bond motifs is 1. The quantitative estimate of drug-likeness (QED) is 0.386. The molecule has 3 rings (SSSR count). The first-order valence-electron chi connectivity index (χ1n) is 11.7. The van der Waals surface area contributed by atoms with E-state index in [0.717, 1.165) is 18.2 Å². The van der Waals surface area contributed by atoms with Gasteiger partial charge in [0, 0.05) is 42.5 Å². The number of unbranched alkanes of at least 4 members (excludes halogenated alkanes) is 1. The van der Waals surface area contributed by atoms with Gasteiger partial charge in [0.15, 0.2) is 0 Å². The van der Waals surface area contributed by atoms with Gasteiger partial charge in [-0.15, -0.1) is 0 Å². The van der Waals surface area contributed by atoms with Crippen LogP contribution in [0, 0.1) is 0 Å². The van der Waals surface area contributed by atoms with E-state index in [2.05, 4.69) is 22.4 Å². The molecule has 8 heteroatoms. The number of hydrogen-bond acceptors (Lipinski definition) is 5. The third-order valence-corrected chi connectivity index (χ3v) is 7.17. The molecule has 0 aliphatic carbocycles. The second kappa shape index (κ2) is 12.0. The fourth-order valence-electron chi connectivity index (χ4n) is 3.63. The largest absolute Gasteiger partial charge is 0.444 e. The molecule has 0 aliphatic rings. The van der Waals surface area contributed by atoms with Crippen molar-refractivity contribution in [1.82, 2.24) is 14.6 Å². The number of hydrogen-bond donors (Lipinski definition) is 1. The number of nitrogens with one attached hydrogen (secondary N) is 1. The second-order valence-corrected chi connectivity index (χ2v) is 11.1. The van der Waals surface area contributed by atoms with Crippen molar-refractivity contribution in [3.05, 3.63) is 84.8 Å². The van der Waals surface area contributed by atoms with Crippen LogP contribution >= 0.6 is 0 Å². The molecule has 3 aromatic rings. The lowest BCUT2D eigenvalue weighted by atomic mass is 10.1. The Hall–Kier alpha value is -3.23. The van der Waals surface area contributed by atoms with Crippen molar-refractivity contribution < 1.29 is 17.9 Å². The first-order chi connectivity index (χ1) is 16.7. The average Bonchev–Trinajstić information content (AvgIpc) is 2.82. The molecular weight excluding hydrogens is 462 g/mol. The average molecular weight is 496 g/mol. The molecule has 1 heterocycles. The van der Waals surface area contributed by atoms with Gasteiger partial charge in [0.25, 0.3) is 0 Å². The molecule has 1 amide bonds. The minimum absolute atomic E-state index is 0.116. The fraction of sp³-hybridized carbons (Fsp3) is 0.333. The molecule has 0 spiro atoms. The predicted octanol–water partition coefficient (Wildman–Crippen LogP) is 5.29. The maximum absolute atomic E-state index is 13.7. The van der Waals surface area contributed by atoms with Crippen molar-refractivity contribution in [3.63, 3.8) is 0 Å². The molecule has 1 N–H and O–H groups in total. The highest BCUT2D eigenvalue weighted by atomic mass is 32.2. The minimum Gasteiger partial charge on any atom is -0.444 e. The smallest absolute Gasteiger partial charge is 0.411 e. The third kappa shape index (κ3) is 7.90. The number of pyridine rings is 1. The van der Waals surface area contributed by atoms with E-state index in [1.165, 1.54) is 16.1 Å². The molecule has 1 aromatic heterocycles. The predicted molar refractivity (Wildman–Crippen MR) is 138 cm³/mol. The summed E-state index contributed by atoms with van der Waals surface area (Å²) in [6, 6.07) is 17.0. The number of ether oxygens (including phenoxy) is 1. The van der Waals surface area contributed by atoms with Gasteiger partial charge in [0.2, 0.25) is 10.0 Å². The SMILES string of the molecule is CC(C)(C)OC(=O)NC=CCN(CCCCc1ccccc1)S(=O)(=O)c1cccc2cnccc12. The Kier molecular flexibility index (Phi) is 9.01. The van der Waals surface area contributed by atoms with Crippen molar-refractivity contribution in [2.24, 2.45) is 0 Å². The van der Waals surface area contributed by atoms with Gasteiger partial charge in [-0.3, -0.25) is 10.3 Å². The number of amides is 1. The van der Waals surface area contributed by atoms with E-state index < -0.39 is 21.7 Å². The topological polar surface area (TPSA) is 88.6 Å². The molecule has 0 atom stereocenters. The highest BCUT2D eigenvalue weighted by molar-refractivity contribution is 7.89. The second-order valence-electron chi connectivity index (χ2n) is 9.21. The van der Waals surface area contributed by atoms with Crippen LogP contribution in [0.2, 0.25) is 0 Å². The Labute approximate surface area is 207 Å². The zero-order chi connectivity index (χ0) is 25.3. The molecule has 0 radical (unpaired) electrons. The molecule has 0 saturated carbocycles. The third-order valence-electron chi connectivity index (χ3n) is 5.25. The zero-order valence-corrected chi connectivity index (χ0v) is 21.3. The Bertz CT molecular complexity index is 1250. The van der Waals surface area contributed by atoms with Crippen LogP contribution in [0.1, 0.15) is 39.2 Å².